The molecule has 1 saturated heterocycles. The van der Waals surface area contributed by atoms with Crippen LogP contribution < -0.4 is 5.32 Å². The van der Waals surface area contributed by atoms with Gasteiger partial charge in [-0.1, -0.05) is 66.2 Å². The van der Waals surface area contributed by atoms with Crippen molar-refractivity contribution in [1.82, 2.24) is 4.90 Å². The first-order valence-corrected chi connectivity index (χ1v) is 13.0. The SMILES string of the molecule is Cl.O=C(CC1CSC(=NC2CCCCC2)N1C1CCCCC1)Nc1ccc(Br)cc1. The van der Waals surface area contributed by atoms with E-state index in [1.165, 1.54) is 69.4 Å². The molecule has 4 rings (SSSR count). The lowest BCUT2D eigenvalue weighted by molar-refractivity contribution is -0.117. The first-order valence-electron chi connectivity index (χ1n) is 11.2. The highest BCUT2D eigenvalue weighted by atomic mass is 79.9. The van der Waals surface area contributed by atoms with E-state index in [4.69, 9.17) is 4.99 Å². The van der Waals surface area contributed by atoms with Crippen LogP contribution in [0, 0.1) is 0 Å². The summed E-state index contributed by atoms with van der Waals surface area (Å²) in [6, 6.07) is 9.13. The van der Waals surface area contributed by atoms with Gasteiger partial charge in [0.15, 0.2) is 5.17 Å². The molecular formula is C23H33BrClN3OS. The fraction of sp³-hybridized carbons (Fsp3) is 0.652. The lowest BCUT2D eigenvalue weighted by Gasteiger charge is -2.37. The molecule has 0 bridgehead atoms. The van der Waals surface area contributed by atoms with E-state index in [-0.39, 0.29) is 24.4 Å². The highest BCUT2D eigenvalue weighted by Gasteiger charge is 2.37. The molecule has 0 radical (unpaired) electrons. The minimum atomic E-state index is 0. The molecule has 0 spiro atoms. The van der Waals surface area contributed by atoms with E-state index in [1.54, 1.807) is 0 Å². The minimum Gasteiger partial charge on any atom is -0.344 e. The lowest BCUT2D eigenvalue weighted by atomic mass is 9.93. The smallest absolute Gasteiger partial charge is 0.226 e. The van der Waals surface area contributed by atoms with Gasteiger partial charge in [0.2, 0.25) is 5.91 Å². The Hall–Kier alpha value is -0.720. The summed E-state index contributed by atoms with van der Waals surface area (Å²) in [6.07, 6.45) is 13.5. The number of rotatable bonds is 5. The van der Waals surface area contributed by atoms with E-state index >= 15 is 0 Å². The molecule has 4 nitrogen and oxygen atoms in total. The third-order valence-electron chi connectivity index (χ3n) is 6.40. The molecule has 1 unspecified atom stereocenters. The number of amidine groups is 1. The van der Waals surface area contributed by atoms with Crippen molar-refractivity contribution in [3.63, 3.8) is 0 Å². The van der Waals surface area contributed by atoms with Crippen molar-refractivity contribution in [2.75, 3.05) is 11.1 Å². The second kappa shape index (κ2) is 11.8. The lowest BCUT2D eigenvalue weighted by Crippen LogP contribution is -2.45. The molecule has 1 N–H and O–H groups in total. The van der Waals surface area contributed by atoms with Crippen LogP contribution in [0.4, 0.5) is 5.69 Å². The van der Waals surface area contributed by atoms with Crippen molar-refractivity contribution in [3.8, 4) is 0 Å². The molecule has 2 aliphatic carbocycles. The van der Waals surface area contributed by atoms with Gasteiger partial charge >= 0.3 is 0 Å². The van der Waals surface area contributed by atoms with E-state index in [9.17, 15) is 4.79 Å². The van der Waals surface area contributed by atoms with Gasteiger partial charge in [-0.15, -0.1) is 12.4 Å². The molecule has 0 aromatic heterocycles. The molecule has 1 aromatic carbocycles. The van der Waals surface area contributed by atoms with Crippen LogP contribution >= 0.6 is 40.1 Å². The summed E-state index contributed by atoms with van der Waals surface area (Å²) in [5.41, 5.74) is 0.865. The minimum absolute atomic E-state index is 0. The van der Waals surface area contributed by atoms with Gasteiger partial charge in [0.25, 0.3) is 0 Å². The van der Waals surface area contributed by atoms with Crippen molar-refractivity contribution in [2.45, 2.75) is 88.8 Å². The average molecular weight is 515 g/mol. The molecule has 166 valence electrons. The summed E-state index contributed by atoms with van der Waals surface area (Å²) >= 11 is 5.33. The number of halogens is 2. The third kappa shape index (κ3) is 6.39. The van der Waals surface area contributed by atoms with Crippen LogP contribution in [0.1, 0.15) is 70.6 Å². The number of thioether (sulfide) groups is 1. The Labute approximate surface area is 199 Å². The van der Waals surface area contributed by atoms with Gasteiger partial charge < -0.3 is 10.2 Å². The molecule has 3 aliphatic rings. The number of nitrogens with one attached hydrogen (secondary N) is 1. The van der Waals surface area contributed by atoms with Gasteiger partial charge in [-0.25, -0.2) is 0 Å². The molecule has 1 heterocycles. The predicted octanol–water partition coefficient (Wildman–Crippen LogP) is 6.64. The van der Waals surface area contributed by atoms with E-state index in [0.717, 1.165) is 15.9 Å². The molecule has 7 heteroatoms. The summed E-state index contributed by atoms with van der Waals surface area (Å²) in [4.78, 5) is 20.5. The number of aliphatic imine (C=N–C) groups is 1. The molecule has 1 aliphatic heterocycles. The van der Waals surface area contributed by atoms with E-state index in [0.29, 0.717) is 18.5 Å². The number of nitrogens with zero attached hydrogens (tertiary/aromatic N) is 2. The van der Waals surface area contributed by atoms with Crippen molar-refractivity contribution in [3.05, 3.63) is 28.7 Å². The predicted molar refractivity (Wildman–Crippen MR) is 134 cm³/mol. The number of amides is 1. The fourth-order valence-corrected chi connectivity index (χ4v) is 6.44. The number of hydrogen-bond acceptors (Lipinski definition) is 3. The van der Waals surface area contributed by atoms with Crippen LogP contribution in [0.5, 0.6) is 0 Å². The highest BCUT2D eigenvalue weighted by Crippen LogP contribution is 2.35. The van der Waals surface area contributed by atoms with E-state index in [2.05, 4.69) is 26.1 Å². The molecule has 1 atom stereocenters. The summed E-state index contributed by atoms with van der Waals surface area (Å²) in [5.74, 6) is 1.09. The van der Waals surface area contributed by atoms with Gasteiger partial charge in [-0.2, -0.15) is 0 Å². The van der Waals surface area contributed by atoms with E-state index < -0.39 is 0 Å². The van der Waals surface area contributed by atoms with Gasteiger partial charge in [-0.05, 0) is 49.9 Å². The van der Waals surface area contributed by atoms with Crippen molar-refractivity contribution >= 4 is 56.9 Å². The molecule has 30 heavy (non-hydrogen) atoms. The number of carbonyl (C=O) groups excluding carboxylic acids is 1. The quantitative estimate of drug-likeness (QED) is 0.479. The summed E-state index contributed by atoms with van der Waals surface area (Å²) < 4.78 is 1.02. The van der Waals surface area contributed by atoms with Crippen molar-refractivity contribution in [2.24, 2.45) is 4.99 Å². The second-order valence-electron chi connectivity index (χ2n) is 8.63. The number of anilines is 1. The van der Waals surface area contributed by atoms with Crippen LogP contribution in [0.15, 0.2) is 33.7 Å². The maximum absolute atomic E-state index is 12.8. The Morgan fingerprint density at radius 2 is 1.67 bits per heavy atom. The Bertz CT molecular complexity index is 718. The highest BCUT2D eigenvalue weighted by molar-refractivity contribution is 9.10. The number of hydrogen-bond donors (Lipinski definition) is 1. The summed E-state index contributed by atoms with van der Waals surface area (Å²) in [6.45, 7) is 0. The Balaban J connectivity index is 0.00000256. The Morgan fingerprint density at radius 1 is 1.03 bits per heavy atom. The van der Waals surface area contributed by atoms with Crippen molar-refractivity contribution in [1.29, 1.82) is 0 Å². The Kier molecular flexibility index (Phi) is 9.39. The zero-order chi connectivity index (χ0) is 20.1. The maximum atomic E-state index is 12.8. The molecule has 1 amide bonds. The molecule has 2 saturated carbocycles. The summed E-state index contributed by atoms with van der Waals surface area (Å²) in [5, 5.41) is 4.31. The second-order valence-corrected chi connectivity index (χ2v) is 10.5. The zero-order valence-electron chi connectivity index (χ0n) is 17.5. The van der Waals surface area contributed by atoms with Crippen LogP contribution in [0.2, 0.25) is 0 Å². The first-order chi connectivity index (χ1) is 14.2. The largest absolute Gasteiger partial charge is 0.344 e. The van der Waals surface area contributed by atoms with Crippen LogP contribution in [0.3, 0.4) is 0 Å². The third-order valence-corrected chi connectivity index (χ3v) is 8.06. The molecule has 3 fully saturated rings. The van der Waals surface area contributed by atoms with Gasteiger partial charge in [0, 0.05) is 34.4 Å². The van der Waals surface area contributed by atoms with Crippen LogP contribution in [-0.2, 0) is 4.79 Å². The first kappa shape index (κ1) is 23.9. The van der Waals surface area contributed by atoms with Gasteiger partial charge in [0.1, 0.15) is 0 Å². The van der Waals surface area contributed by atoms with Gasteiger partial charge in [0.05, 0.1) is 6.04 Å². The monoisotopic (exact) mass is 513 g/mol. The average Bonchev–Trinajstić information content (AvgIpc) is 3.13. The molecular weight excluding hydrogens is 482 g/mol. The standard InChI is InChI=1S/C23H32BrN3OS.ClH/c24-17-11-13-19(14-12-17)25-22(28)15-21-16-29-23(26-18-7-3-1-4-8-18)27(21)20-9-5-2-6-10-20;/h11-14,18,20-21H,1-10,15-16H2,(H,25,28);1H. The zero-order valence-corrected chi connectivity index (χ0v) is 20.7. The van der Waals surface area contributed by atoms with E-state index in [1.807, 2.05) is 36.0 Å². The fourth-order valence-electron chi connectivity index (χ4n) is 4.88. The topological polar surface area (TPSA) is 44.7 Å². The van der Waals surface area contributed by atoms with Crippen molar-refractivity contribution < 1.29 is 4.79 Å². The van der Waals surface area contributed by atoms with Gasteiger partial charge in [-0.3, -0.25) is 9.79 Å². The normalized spacial score (nSPS) is 24.6. The number of benzene rings is 1. The van der Waals surface area contributed by atoms with Crippen LogP contribution in [-0.4, -0.2) is 39.9 Å². The van der Waals surface area contributed by atoms with Crippen LogP contribution in [0.25, 0.3) is 0 Å². The number of carbonyl (C=O) groups is 1. The maximum Gasteiger partial charge on any atom is 0.226 e. The summed E-state index contributed by atoms with van der Waals surface area (Å²) in [7, 11) is 0. The Morgan fingerprint density at radius 3 is 2.33 bits per heavy atom. The molecule has 1 aromatic rings.